The van der Waals surface area contributed by atoms with Crippen LogP contribution in [0.1, 0.15) is 22.5 Å². The Balaban J connectivity index is 1.42. The maximum absolute atomic E-state index is 12.7. The number of hydrogen-bond acceptors (Lipinski definition) is 3. The highest BCUT2D eigenvalue weighted by Gasteiger charge is 2.15. The topological polar surface area (TPSA) is 76.0 Å². The molecule has 2 N–H and O–H groups in total. The van der Waals surface area contributed by atoms with E-state index in [0.29, 0.717) is 18.7 Å². The van der Waals surface area contributed by atoms with E-state index in [0.717, 1.165) is 22.0 Å². The van der Waals surface area contributed by atoms with Crippen molar-refractivity contribution in [1.82, 2.24) is 9.78 Å². The van der Waals surface area contributed by atoms with E-state index in [1.165, 1.54) is 4.68 Å². The SMILES string of the molecule is Cn1nc(C(=O)Nc2cccc3ccccc23)cc1NC(=O)CCc1ccccc1. The molecule has 6 heteroatoms. The number of carbonyl (C=O) groups is 2. The summed E-state index contributed by atoms with van der Waals surface area (Å²) in [6.07, 6.45) is 1.01. The van der Waals surface area contributed by atoms with Crippen LogP contribution in [0.5, 0.6) is 0 Å². The first-order valence-electron chi connectivity index (χ1n) is 9.77. The number of anilines is 2. The van der Waals surface area contributed by atoms with E-state index in [4.69, 9.17) is 0 Å². The van der Waals surface area contributed by atoms with Crippen LogP contribution in [0.3, 0.4) is 0 Å². The molecule has 4 aromatic rings. The lowest BCUT2D eigenvalue weighted by Gasteiger charge is -2.07. The quantitative estimate of drug-likeness (QED) is 0.506. The highest BCUT2D eigenvalue weighted by molar-refractivity contribution is 6.08. The lowest BCUT2D eigenvalue weighted by Crippen LogP contribution is -2.14. The van der Waals surface area contributed by atoms with Gasteiger partial charge in [-0.1, -0.05) is 66.7 Å². The van der Waals surface area contributed by atoms with Gasteiger partial charge < -0.3 is 10.6 Å². The molecule has 1 heterocycles. The summed E-state index contributed by atoms with van der Waals surface area (Å²) in [5, 5.41) is 12.0. The van der Waals surface area contributed by atoms with E-state index in [1.807, 2.05) is 72.8 Å². The zero-order chi connectivity index (χ0) is 20.9. The summed E-state index contributed by atoms with van der Waals surface area (Å²) in [6.45, 7) is 0. The molecular formula is C24H22N4O2. The Kier molecular flexibility index (Phi) is 5.57. The van der Waals surface area contributed by atoms with E-state index in [1.54, 1.807) is 13.1 Å². The number of hydrogen-bond donors (Lipinski definition) is 2. The van der Waals surface area contributed by atoms with Crippen molar-refractivity contribution in [3.05, 3.63) is 90.1 Å². The van der Waals surface area contributed by atoms with E-state index in [2.05, 4.69) is 15.7 Å². The summed E-state index contributed by atoms with van der Waals surface area (Å²) in [5.41, 5.74) is 2.06. The van der Waals surface area contributed by atoms with Gasteiger partial charge in [0, 0.05) is 30.6 Å². The molecule has 30 heavy (non-hydrogen) atoms. The van der Waals surface area contributed by atoms with E-state index >= 15 is 0 Å². The molecule has 0 spiro atoms. The molecule has 4 rings (SSSR count). The molecule has 0 aliphatic carbocycles. The number of nitrogens with one attached hydrogen (secondary N) is 2. The lowest BCUT2D eigenvalue weighted by atomic mass is 10.1. The predicted molar refractivity (Wildman–Crippen MR) is 119 cm³/mol. The number of nitrogens with zero attached hydrogens (tertiary/aromatic N) is 2. The Morgan fingerprint density at radius 1 is 0.900 bits per heavy atom. The van der Waals surface area contributed by atoms with E-state index < -0.39 is 0 Å². The van der Waals surface area contributed by atoms with Crippen molar-refractivity contribution in [1.29, 1.82) is 0 Å². The smallest absolute Gasteiger partial charge is 0.276 e. The lowest BCUT2D eigenvalue weighted by molar-refractivity contribution is -0.116. The van der Waals surface area contributed by atoms with Gasteiger partial charge in [0.05, 0.1) is 0 Å². The minimum atomic E-state index is -0.327. The van der Waals surface area contributed by atoms with Crippen LogP contribution < -0.4 is 10.6 Å². The second-order valence-electron chi connectivity index (χ2n) is 7.05. The van der Waals surface area contributed by atoms with Crippen molar-refractivity contribution in [2.75, 3.05) is 10.6 Å². The van der Waals surface area contributed by atoms with E-state index in [9.17, 15) is 9.59 Å². The molecule has 0 saturated heterocycles. The standard InChI is InChI=1S/C24H22N4O2/c1-28-22(26-23(29)15-14-17-8-3-2-4-9-17)16-21(27-28)24(30)25-20-13-7-11-18-10-5-6-12-19(18)20/h2-13,16H,14-15H2,1H3,(H,25,30)(H,26,29). The van der Waals surface area contributed by atoms with Gasteiger partial charge in [0.15, 0.2) is 5.69 Å². The highest BCUT2D eigenvalue weighted by Crippen LogP contribution is 2.23. The van der Waals surface area contributed by atoms with Gasteiger partial charge in [-0.3, -0.25) is 14.3 Å². The second kappa shape index (κ2) is 8.61. The molecule has 0 aliphatic rings. The Morgan fingerprint density at radius 2 is 1.63 bits per heavy atom. The van der Waals surface area contributed by atoms with Crippen LogP contribution in [0.25, 0.3) is 10.8 Å². The van der Waals surface area contributed by atoms with Gasteiger partial charge in [-0.15, -0.1) is 0 Å². The molecule has 2 amide bonds. The third-order valence-electron chi connectivity index (χ3n) is 4.90. The summed E-state index contributed by atoms with van der Waals surface area (Å²) >= 11 is 0. The maximum atomic E-state index is 12.7. The van der Waals surface area contributed by atoms with Crippen LogP contribution in [0.4, 0.5) is 11.5 Å². The number of carbonyl (C=O) groups excluding carboxylic acids is 2. The molecule has 0 bridgehead atoms. The van der Waals surface area contributed by atoms with Gasteiger partial charge in [-0.25, -0.2) is 0 Å². The number of fused-ring (bicyclic) bond motifs is 1. The number of benzene rings is 3. The molecular weight excluding hydrogens is 376 g/mol. The van der Waals surface area contributed by atoms with Crippen molar-refractivity contribution < 1.29 is 9.59 Å². The molecule has 0 radical (unpaired) electrons. The zero-order valence-corrected chi connectivity index (χ0v) is 16.6. The summed E-state index contributed by atoms with van der Waals surface area (Å²) in [7, 11) is 1.70. The van der Waals surface area contributed by atoms with Crippen molar-refractivity contribution in [2.24, 2.45) is 7.05 Å². The Labute approximate surface area is 174 Å². The molecule has 0 aliphatic heterocycles. The van der Waals surface area contributed by atoms with Crippen molar-refractivity contribution in [2.45, 2.75) is 12.8 Å². The second-order valence-corrected chi connectivity index (χ2v) is 7.05. The predicted octanol–water partition coefficient (Wildman–Crippen LogP) is 4.40. The van der Waals surface area contributed by atoms with Crippen LogP contribution in [0, 0.1) is 0 Å². The van der Waals surface area contributed by atoms with Crippen molar-refractivity contribution >= 4 is 34.1 Å². The monoisotopic (exact) mass is 398 g/mol. The fraction of sp³-hybridized carbons (Fsp3) is 0.125. The van der Waals surface area contributed by atoms with Gasteiger partial charge >= 0.3 is 0 Å². The van der Waals surface area contributed by atoms with Crippen LogP contribution in [0.2, 0.25) is 0 Å². The number of aromatic nitrogens is 2. The number of rotatable bonds is 6. The first-order chi connectivity index (χ1) is 14.6. The third-order valence-corrected chi connectivity index (χ3v) is 4.90. The largest absolute Gasteiger partial charge is 0.320 e. The first-order valence-corrected chi connectivity index (χ1v) is 9.77. The van der Waals surface area contributed by atoms with Crippen LogP contribution in [-0.2, 0) is 18.3 Å². The highest BCUT2D eigenvalue weighted by atomic mass is 16.2. The molecule has 0 unspecified atom stereocenters. The zero-order valence-electron chi connectivity index (χ0n) is 16.6. The molecule has 3 aromatic carbocycles. The molecule has 0 saturated carbocycles. The fourth-order valence-electron chi connectivity index (χ4n) is 3.32. The Bertz CT molecular complexity index is 1190. The van der Waals surface area contributed by atoms with Crippen molar-refractivity contribution in [3.8, 4) is 0 Å². The first kappa shape index (κ1) is 19.4. The Hall–Kier alpha value is -3.93. The van der Waals surface area contributed by atoms with Crippen LogP contribution in [0.15, 0.2) is 78.9 Å². The average molecular weight is 398 g/mol. The minimum absolute atomic E-state index is 0.122. The van der Waals surface area contributed by atoms with Crippen molar-refractivity contribution in [3.63, 3.8) is 0 Å². The van der Waals surface area contributed by atoms with Gasteiger partial charge in [0.25, 0.3) is 5.91 Å². The normalized spacial score (nSPS) is 10.7. The van der Waals surface area contributed by atoms with Gasteiger partial charge in [-0.05, 0) is 23.4 Å². The summed E-state index contributed by atoms with van der Waals surface area (Å²) in [6, 6.07) is 25.0. The van der Waals surface area contributed by atoms with Gasteiger partial charge in [0.2, 0.25) is 5.91 Å². The average Bonchev–Trinajstić information content (AvgIpc) is 3.13. The number of aryl methyl sites for hydroxylation is 2. The van der Waals surface area contributed by atoms with Crippen LogP contribution >= 0.6 is 0 Å². The maximum Gasteiger partial charge on any atom is 0.276 e. The summed E-state index contributed by atoms with van der Waals surface area (Å²) in [5.74, 6) is 0.0331. The minimum Gasteiger partial charge on any atom is -0.320 e. The van der Waals surface area contributed by atoms with E-state index in [-0.39, 0.29) is 17.5 Å². The molecule has 150 valence electrons. The number of amides is 2. The molecule has 6 nitrogen and oxygen atoms in total. The third kappa shape index (κ3) is 4.38. The fourth-order valence-corrected chi connectivity index (χ4v) is 3.32. The summed E-state index contributed by atoms with van der Waals surface area (Å²) < 4.78 is 1.50. The molecule has 0 fully saturated rings. The van der Waals surface area contributed by atoms with Gasteiger partial charge in [-0.2, -0.15) is 5.10 Å². The molecule has 1 aromatic heterocycles. The molecule has 0 atom stereocenters. The van der Waals surface area contributed by atoms with Crippen LogP contribution in [-0.4, -0.2) is 21.6 Å². The summed E-state index contributed by atoms with van der Waals surface area (Å²) in [4.78, 5) is 25.0. The Morgan fingerprint density at radius 3 is 2.47 bits per heavy atom. The van der Waals surface area contributed by atoms with Gasteiger partial charge in [0.1, 0.15) is 5.82 Å².